The number of benzene rings is 1. The topological polar surface area (TPSA) is 86.4 Å². The maximum absolute atomic E-state index is 12.4. The van der Waals surface area contributed by atoms with E-state index in [1.165, 1.54) is 0 Å². The van der Waals surface area contributed by atoms with Crippen molar-refractivity contribution in [3.05, 3.63) is 23.8 Å². The van der Waals surface area contributed by atoms with Gasteiger partial charge in [0.1, 0.15) is 18.5 Å². The number of imide groups is 1. The van der Waals surface area contributed by atoms with Gasteiger partial charge in [-0.1, -0.05) is 6.07 Å². The molecule has 28 heavy (non-hydrogen) atoms. The lowest BCUT2D eigenvalue weighted by Gasteiger charge is -2.41. The van der Waals surface area contributed by atoms with E-state index in [-0.39, 0.29) is 30.4 Å². The Morgan fingerprint density at radius 3 is 2.68 bits per heavy atom. The number of hydrogen-bond acceptors (Lipinski definition) is 7. The van der Waals surface area contributed by atoms with Crippen LogP contribution in [0.5, 0.6) is 11.5 Å². The van der Waals surface area contributed by atoms with Gasteiger partial charge in [-0.15, -0.1) is 0 Å². The highest BCUT2D eigenvalue weighted by molar-refractivity contribution is 6.00. The van der Waals surface area contributed by atoms with Crippen LogP contribution in [0, 0.1) is 0 Å². The van der Waals surface area contributed by atoms with Crippen molar-refractivity contribution in [3.63, 3.8) is 0 Å². The molecule has 3 unspecified atom stereocenters. The summed E-state index contributed by atoms with van der Waals surface area (Å²) >= 11 is 0. The average molecular weight is 389 g/mol. The number of likely N-dealkylation sites (N-methyl/N-ethyl adjacent to an activating group) is 1. The summed E-state index contributed by atoms with van der Waals surface area (Å²) < 4.78 is 10.7. The van der Waals surface area contributed by atoms with Gasteiger partial charge in [0.05, 0.1) is 14.2 Å². The number of urea groups is 1. The smallest absolute Gasteiger partial charge is 0.325 e. The zero-order valence-electron chi connectivity index (χ0n) is 16.5. The second-order valence-corrected chi connectivity index (χ2v) is 7.40. The van der Waals surface area contributed by atoms with Gasteiger partial charge in [-0.25, -0.2) is 4.79 Å². The molecular formula is C19H27N5O4. The van der Waals surface area contributed by atoms with Crippen molar-refractivity contribution in [1.82, 2.24) is 25.3 Å². The number of hydrogen-bond donors (Lipinski definition) is 2. The maximum atomic E-state index is 12.4. The van der Waals surface area contributed by atoms with Crippen molar-refractivity contribution in [1.29, 1.82) is 0 Å². The largest absolute Gasteiger partial charge is 0.493 e. The highest BCUT2D eigenvalue weighted by atomic mass is 16.5. The Hall–Kier alpha value is -2.36. The first kappa shape index (κ1) is 19.0. The molecule has 2 N–H and O–H groups in total. The van der Waals surface area contributed by atoms with Crippen LogP contribution in [-0.2, 0) is 11.2 Å². The fourth-order valence-electron chi connectivity index (χ4n) is 4.38. The van der Waals surface area contributed by atoms with Gasteiger partial charge in [-0.2, -0.15) is 0 Å². The molecule has 3 fully saturated rings. The highest BCUT2D eigenvalue weighted by Gasteiger charge is 2.53. The molecule has 1 aromatic carbocycles. The van der Waals surface area contributed by atoms with E-state index in [1.54, 1.807) is 26.2 Å². The van der Waals surface area contributed by atoms with E-state index < -0.39 is 0 Å². The number of ether oxygens (including phenoxy) is 2. The van der Waals surface area contributed by atoms with Crippen LogP contribution in [-0.4, -0.2) is 86.0 Å². The summed E-state index contributed by atoms with van der Waals surface area (Å²) in [5.74, 6) is 1.22. The third-order valence-electron chi connectivity index (χ3n) is 5.87. The summed E-state index contributed by atoms with van der Waals surface area (Å²) in [5.41, 5.74) is 1.16. The maximum Gasteiger partial charge on any atom is 0.325 e. The van der Waals surface area contributed by atoms with Gasteiger partial charge in [-0.3, -0.25) is 25.2 Å². The monoisotopic (exact) mass is 389 g/mol. The Morgan fingerprint density at radius 2 is 1.93 bits per heavy atom. The van der Waals surface area contributed by atoms with Crippen molar-refractivity contribution in [2.24, 2.45) is 0 Å². The molecule has 0 aliphatic carbocycles. The first-order valence-electron chi connectivity index (χ1n) is 9.58. The van der Waals surface area contributed by atoms with E-state index in [2.05, 4.69) is 20.4 Å². The molecule has 3 atom stereocenters. The minimum atomic E-state index is -0.351. The summed E-state index contributed by atoms with van der Waals surface area (Å²) in [7, 11) is 4.99. The fourth-order valence-corrected chi connectivity index (χ4v) is 4.38. The van der Waals surface area contributed by atoms with Gasteiger partial charge in [0.15, 0.2) is 11.5 Å². The van der Waals surface area contributed by atoms with Crippen LogP contribution in [0.1, 0.15) is 12.0 Å². The molecule has 0 bridgehead atoms. The molecule has 3 heterocycles. The number of fused-ring (bicyclic) bond motifs is 3. The van der Waals surface area contributed by atoms with Crippen LogP contribution in [0.4, 0.5) is 4.79 Å². The predicted octanol–water partition coefficient (Wildman–Crippen LogP) is 0.0171. The second kappa shape index (κ2) is 7.57. The van der Waals surface area contributed by atoms with Crippen LogP contribution >= 0.6 is 0 Å². The zero-order chi connectivity index (χ0) is 19.8. The average Bonchev–Trinajstić information content (AvgIpc) is 3.11. The first-order valence-corrected chi connectivity index (χ1v) is 9.58. The Morgan fingerprint density at radius 1 is 1.14 bits per heavy atom. The summed E-state index contributed by atoms with van der Waals surface area (Å²) in [6, 6.07) is 5.27. The molecule has 4 rings (SSSR count). The summed E-state index contributed by atoms with van der Waals surface area (Å²) in [5, 5.41) is 5.94. The number of carbonyl (C=O) groups excluding carboxylic acids is 2. The van der Waals surface area contributed by atoms with Crippen LogP contribution in [0.3, 0.4) is 0 Å². The molecule has 0 saturated carbocycles. The molecule has 0 radical (unpaired) electrons. The molecule has 3 amide bonds. The molecular weight excluding hydrogens is 362 g/mol. The minimum Gasteiger partial charge on any atom is -0.493 e. The van der Waals surface area contributed by atoms with E-state index in [4.69, 9.17) is 9.47 Å². The van der Waals surface area contributed by atoms with Gasteiger partial charge in [-0.05, 0) is 30.5 Å². The highest BCUT2D eigenvalue weighted by Crippen LogP contribution is 2.30. The van der Waals surface area contributed by atoms with Crippen LogP contribution in [0.25, 0.3) is 0 Å². The molecule has 0 aromatic heterocycles. The molecule has 9 nitrogen and oxygen atoms in total. The van der Waals surface area contributed by atoms with E-state index >= 15 is 0 Å². The molecule has 152 valence electrons. The number of nitrogens with one attached hydrogen (secondary N) is 2. The first-order chi connectivity index (χ1) is 13.5. The molecule has 1 aromatic rings. The third kappa shape index (κ3) is 3.19. The third-order valence-corrected chi connectivity index (χ3v) is 5.87. The van der Waals surface area contributed by atoms with E-state index in [1.807, 2.05) is 18.2 Å². The number of methoxy groups -OCH3 is 2. The van der Waals surface area contributed by atoms with Crippen molar-refractivity contribution in [2.75, 3.05) is 40.9 Å². The number of nitrogens with zero attached hydrogens (tertiary/aromatic N) is 3. The van der Waals surface area contributed by atoms with Crippen LogP contribution < -0.4 is 20.1 Å². The predicted molar refractivity (Wildman–Crippen MR) is 102 cm³/mol. The summed E-state index contributed by atoms with van der Waals surface area (Å²) in [6.45, 7) is 2.61. The van der Waals surface area contributed by atoms with Gasteiger partial charge in [0.25, 0.3) is 0 Å². The molecule has 3 aliphatic heterocycles. The standard InChI is InChI=1S/C19H27N5O4/c1-22-16-15(17(25)21-19(22)26)24-9-4-8-23(18(24)20-16)10-7-12-5-6-13(27-2)14(11-12)28-3/h5-6,11,15-16,18,20H,4,7-10H2,1-3H3,(H,21,25,26). The molecule has 0 spiro atoms. The van der Waals surface area contributed by atoms with Crippen molar-refractivity contribution < 1.29 is 19.1 Å². The lowest BCUT2D eigenvalue weighted by atomic mass is 10.1. The minimum absolute atomic E-state index is 0.0528. The number of carbonyl (C=O) groups is 2. The summed E-state index contributed by atoms with van der Waals surface area (Å²) in [6.07, 6.45) is 1.48. The molecule has 9 heteroatoms. The Labute approximate surface area is 164 Å². The SMILES string of the molecule is COc1ccc(CCN2CCCN3C4C(=O)NC(=O)N(C)C4NC23)cc1OC. The van der Waals surface area contributed by atoms with Gasteiger partial charge >= 0.3 is 6.03 Å². The Bertz CT molecular complexity index is 773. The van der Waals surface area contributed by atoms with Crippen molar-refractivity contribution in [3.8, 4) is 11.5 Å². The lowest BCUT2D eigenvalue weighted by Crippen LogP contribution is -2.65. The van der Waals surface area contributed by atoms with Crippen LogP contribution in [0.15, 0.2) is 18.2 Å². The van der Waals surface area contributed by atoms with Crippen molar-refractivity contribution in [2.45, 2.75) is 31.3 Å². The molecule has 3 aliphatic rings. The van der Waals surface area contributed by atoms with Gasteiger partial charge in [0, 0.05) is 26.7 Å². The molecule has 3 saturated heterocycles. The number of rotatable bonds is 5. The fraction of sp³-hybridized carbons (Fsp3) is 0.579. The van der Waals surface area contributed by atoms with E-state index in [0.29, 0.717) is 0 Å². The Balaban J connectivity index is 1.46. The van der Waals surface area contributed by atoms with E-state index in [0.717, 1.165) is 49.5 Å². The van der Waals surface area contributed by atoms with Crippen LogP contribution in [0.2, 0.25) is 0 Å². The normalized spacial score (nSPS) is 28.0. The van der Waals surface area contributed by atoms with Gasteiger partial charge in [0.2, 0.25) is 5.91 Å². The van der Waals surface area contributed by atoms with Crippen molar-refractivity contribution >= 4 is 11.9 Å². The zero-order valence-corrected chi connectivity index (χ0v) is 16.5. The van der Waals surface area contributed by atoms with Gasteiger partial charge < -0.3 is 14.4 Å². The summed E-state index contributed by atoms with van der Waals surface area (Å²) in [4.78, 5) is 30.5. The Kier molecular flexibility index (Phi) is 5.13. The number of amides is 3. The quantitative estimate of drug-likeness (QED) is 0.734. The lowest BCUT2D eigenvalue weighted by molar-refractivity contribution is -0.129. The van der Waals surface area contributed by atoms with E-state index in [9.17, 15) is 9.59 Å². The second-order valence-electron chi connectivity index (χ2n) is 7.40.